The number of nitrogens with zero attached hydrogens (tertiary/aromatic N) is 2. The topological polar surface area (TPSA) is 116 Å². The molecule has 0 spiro atoms. The number of carbonyl (C=O) groups is 4. The van der Waals surface area contributed by atoms with Crippen LogP contribution in [0.2, 0.25) is 0 Å². The number of β-lactam (4-membered cyclic amide) rings is 1. The van der Waals surface area contributed by atoms with Crippen molar-refractivity contribution in [2.75, 3.05) is 13.7 Å². The van der Waals surface area contributed by atoms with Crippen molar-refractivity contribution in [2.24, 2.45) is 0 Å². The highest BCUT2D eigenvalue weighted by Gasteiger charge is 2.60. The summed E-state index contributed by atoms with van der Waals surface area (Å²) in [6.45, 7) is 1.32. The minimum atomic E-state index is -1.32. The number of benzene rings is 1. The second kappa shape index (κ2) is 6.08. The Hall–Kier alpha value is -3.10. The van der Waals surface area contributed by atoms with Gasteiger partial charge >= 0.3 is 5.97 Å². The van der Waals surface area contributed by atoms with Crippen LogP contribution in [0, 0.1) is 0 Å². The molecule has 2 unspecified atom stereocenters. The molecule has 1 aromatic rings. The van der Waals surface area contributed by atoms with E-state index in [4.69, 9.17) is 4.74 Å². The highest BCUT2D eigenvalue weighted by Crippen LogP contribution is 2.33. The van der Waals surface area contributed by atoms with Crippen molar-refractivity contribution < 1.29 is 29.0 Å². The van der Waals surface area contributed by atoms with Gasteiger partial charge in [0.1, 0.15) is 11.8 Å². The lowest BCUT2D eigenvalue weighted by molar-refractivity contribution is -0.164. The van der Waals surface area contributed by atoms with E-state index >= 15 is 0 Å². The van der Waals surface area contributed by atoms with Crippen LogP contribution in [-0.4, -0.2) is 70.5 Å². The molecule has 3 rings (SSSR count). The van der Waals surface area contributed by atoms with E-state index in [1.54, 1.807) is 18.2 Å². The van der Waals surface area contributed by atoms with Crippen LogP contribution in [-0.2, 0) is 14.4 Å². The van der Waals surface area contributed by atoms with Gasteiger partial charge in [-0.15, -0.1) is 0 Å². The molecule has 9 heteroatoms. The van der Waals surface area contributed by atoms with Crippen LogP contribution in [0.3, 0.4) is 0 Å². The van der Waals surface area contributed by atoms with E-state index in [-0.39, 0.29) is 6.54 Å². The van der Waals surface area contributed by atoms with Crippen LogP contribution in [0.1, 0.15) is 17.3 Å². The molecule has 1 aromatic carbocycles. The number of methoxy groups -OCH3 is 1. The van der Waals surface area contributed by atoms with Gasteiger partial charge in [-0.1, -0.05) is 6.07 Å². The summed E-state index contributed by atoms with van der Waals surface area (Å²) >= 11 is 0. The van der Waals surface area contributed by atoms with Crippen LogP contribution in [0.15, 0.2) is 24.3 Å². The number of aliphatic carboxylic acids is 1. The van der Waals surface area contributed by atoms with Crippen molar-refractivity contribution >= 4 is 23.7 Å². The second-order valence-corrected chi connectivity index (χ2v) is 5.88. The first kappa shape index (κ1) is 16.7. The van der Waals surface area contributed by atoms with Crippen LogP contribution in [0.25, 0.3) is 0 Å². The largest absolute Gasteiger partial charge is 0.497 e. The third kappa shape index (κ3) is 2.67. The summed E-state index contributed by atoms with van der Waals surface area (Å²) in [4.78, 5) is 49.9. The minimum absolute atomic E-state index is 0.0705. The van der Waals surface area contributed by atoms with Crippen molar-refractivity contribution in [3.05, 3.63) is 29.8 Å². The van der Waals surface area contributed by atoms with Crippen molar-refractivity contribution in [2.45, 2.75) is 25.2 Å². The SMILES string of the molecule is COc1cccc(C(=O)N[C@@H]2C(=O)N3C2CN(C(C)=O)C3C(=O)O)c1. The molecule has 2 aliphatic rings. The second-order valence-electron chi connectivity index (χ2n) is 5.88. The first-order valence-electron chi connectivity index (χ1n) is 7.62. The van der Waals surface area contributed by atoms with Gasteiger partial charge in [0.25, 0.3) is 5.91 Å². The molecule has 0 saturated carbocycles. The highest BCUT2D eigenvalue weighted by atomic mass is 16.5. The third-order valence-corrected chi connectivity index (χ3v) is 4.45. The lowest BCUT2D eigenvalue weighted by Crippen LogP contribution is -2.71. The van der Waals surface area contributed by atoms with Crippen molar-refractivity contribution in [3.63, 3.8) is 0 Å². The molecule has 0 aliphatic carbocycles. The van der Waals surface area contributed by atoms with Gasteiger partial charge in [-0.2, -0.15) is 0 Å². The van der Waals surface area contributed by atoms with E-state index in [0.717, 1.165) is 9.80 Å². The molecule has 9 nitrogen and oxygen atoms in total. The molecule has 132 valence electrons. The van der Waals surface area contributed by atoms with Gasteiger partial charge in [0.05, 0.1) is 13.2 Å². The quantitative estimate of drug-likeness (QED) is 0.694. The fourth-order valence-electron chi connectivity index (χ4n) is 3.21. The normalized spacial score (nSPS) is 24.4. The number of rotatable bonds is 4. The maximum absolute atomic E-state index is 12.3. The Kier molecular flexibility index (Phi) is 4.07. The lowest BCUT2D eigenvalue weighted by Gasteiger charge is -2.43. The summed E-state index contributed by atoms with van der Waals surface area (Å²) in [5, 5.41) is 11.9. The summed E-state index contributed by atoms with van der Waals surface area (Å²) in [7, 11) is 1.48. The minimum Gasteiger partial charge on any atom is -0.497 e. The molecular formula is C16H17N3O6. The van der Waals surface area contributed by atoms with E-state index in [9.17, 15) is 24.3 Å². The Labute approximate surface area is 143 Å². The number of hydrogen-bond donors (Lipinski definition) is 2. The van der Waals surface area contributed by atoms with E-state index in [2.05, 4.69) is 5.32 Å². The third-order valence-electron chi connectivity index (χ3n) is 4.45. The number of nitrogens with one attached hydrogen (secondary N) is 1. The van der Waals surface area contributed by atoms with E-state index in [1.165, 1.54) is 20.1 Å². The van der Waals surface area contributed by atoms with Gasteiger partial charge in [-0.25, -0.2) is 4.79 Å². The molecule has 2 heterocycles. The van der Waals surface area contributed by atoms with Gasteiger partial charge in [0.2, 0.25) is 18.0 Å². The molecule has 25 heavy (non-hydrogen) atoms. The predicted molar refractivity (Wildman–Crippen MR) is 83.7 cm³/mol. The maximum atomic E-state index is 12.3. The average molecular weight is 347 g/mol. The molecule has 2 N–H and O–H groups in total. The van der Waals surface area contributed by atoms with Gasteiger partial charge in [0, 0.05) is 19.0 Å². The van der Waals surface area contributed by atoms with E-state index in [0.29, 0.717) is 11.3 Å². The maximum Gasteiger partial charge on any atom is 0.347 e. The standard InChI is InChI=1S/C16H17N3O6/c1-8(20)18-7-11-12(15(22)19(11)14(18)16(23)24)17-13(21)9-4-3-5-10(6-9)25-2/h3-6,11-12,14H,7H2,1-2H3,(H,17,21)(H,23,24)/t11?,12-,14?/m0/s1. The molecule has 0 aromatic heterocycles. The van der Waals surface area contributed by atoms with Gasteiger partial charge < -0.3 is 25.0 Å². The fourth-order valence-corrected chi connectivity index (χ4v) is 3.21. The molecule has 0 bridgehead atoms. The number of fused-ring (bicyclic) bond motifs is 1. The Morgan fingerprint density at radius 3 is 2.64 bits per heavy atom. The summed E-state index contributed by atoms with van der Waals surface area (Å²) in [6.07, 6.45) is -1.32. The van der Waals surface area contributed by atoms with Crippen LogP contribution >= 0.6 is 0 Å². The monoisotopic (exact) mass is 347 g/mol. The molecule has 2 aliphatic heterocycles. The molecule has 2 saturated heterocycles. The lowest BCUT2D eigenvalue weighted by atomic mass is 9.96. The number of carbonyl (C=O) groups excluding carboxylic acids is 3. The zero-order valence-corrected chi connectivity index (χ0v) is 13.6. The number of carboxylic acid groups (broad SMARTS) is 1. The highest BCUT2D eigenvalue weighted by molar-refractivity contribution is 6.02. The van der Waals surface area contributed by atoms with Crippen molar-refractivity contribution in [3.8, 4) is 5.75 Å². The van der Waals surface area contributed by atoms with E-state index < -0.39 is 41.9 Å². The van der Waals surface area contributed by atoms with Crippen LogP contribution < -0.4 is 10.1 Å². The molecule has 2 fully saturated rings. The van der Waals surface area contributed by atoms with Gasteiger partial charge in [0.15, 0.2) is 0 Å². The summed E-state index contributed by atoms with van der Waals surface area (Å²) in [5.41, 5.74) is 0.321. The Balaban J connectivity index is 1.75. The number of carboxylic acids is 1. The van der Waals surface area contributed by atoms with Gasteiger partial charge in [-0.05, 0) is 18.2 Å². The Morgan fingerprint density at radius 1 is 1.32 bits per heavy atom. The number of hydrogen-bond acceptors (Lipinski definition) is 5. The van der Waals surface area contributed by atoms with Gasteiger partial charge in [-0.3, -0.25) is 14.4 Å². The van der Waals surface area contributed by atoms with Crippen LogP contribution in [0.4, 0.5) is 0 Å². The molecule has 0 radical (unpaired) electrons. The average Bonchev–Trinajstić information content (AvgIpc) is 2.96. The first-order valence-corrected chi connectivity index (χ1v) is 7.62. The first-order chi connectivity index (χ1) is 11.8. The number of amides is 3. The summed E-state index contributed by atoms with van der Waals surface area (Å²) < 4.78 is 5.06. The zero-order chi connectivity index (χ0) is 18.3. The Bertz CT molecular complexity index is 764. The predicted octanol–water partition coefficient (Wildman–Crippen LogP) is -0.723. The Morgan fingerprint density at radius 2 is 2.04 bits per heavy atom. The number of ether oxygens (including phenoxy) is 1. The summed E-state index contributed by atoms with van der Waals surface area (Å²) in [6, 6.07) is 5.04. The summed E-state index contributed by atoms with van der Waals surface area (Å²) in [5.74, 6) is -2.19. The zero-order valence-electron chi connectivity index (χ0n) is 13.6. The van der Waals surface area contributed by atoms with Crippen molar-refractivity contribution in [1.29, 1.82) is 0 Å². The van der Waals surface area contributed by atoms with Crippen molar-refractivity contribution in [1.82, 2.24) is 15.1 Å². The van der Waals surface area contributed by atoms with E-state index in [1.807, 2.05) is 0 Å². The smallest absolute Gasteiger partial charge is 0.347 e. The molecule has 3 atom stereocenters. The fraction of sp³-hybridized carbons (Fsp3) is 0.375. The molecular weight excluding hydrogens is 330 g/mol. The van der Waals surface area contributed by atoms with Crippen LogP contribution in [0.5, 0.6) is 5.75 Å². The molecule has 3 amide bonds.